The Morgan fingerprint density at radius 3 is 2.65 bits per heavy atom. The van der Waals surface area contributed by atoms with E-state index in [0.29, 0.717) is 5.75 Å². The van der Waals surface area contributed by atoms with Crippen LogP contribution in [0, 0.1) is 5.82 Å². The number of aromatic nitrogens is 2. The molecule has 2 rings (SSSR count). The van der Waals surface area contributed by atoms with Crippen molar-refractivity contribution < 1.29 is 13.9 Å². The van der Waals surface area contributed by atoms with Gasteiger partial charge in [-0.15, -0.1) is 0 Å². The van der Waals surface area contributed by atoms with Crippen molar-refractivity contribution in [2.24, 2.45) is 0 Å². The summed E-state index contributed by atoms with van der Waals surface area (Å²) in [6, 6.07) is 5.35. The van der Waals surface area contributed by atoms with Crippen LogP contribution in [0.4, 0.5) is 4.39 Å². The zero-order valence-corrected chi connectivity index (χ0v) is 8.94. The van der Waals surface area contributed by atoms with Crippen LogP contribution in [0.1, 0.15) is 0 Å². The van der Waals surface area contributed by atoms with Crippen molar-refractivity contribution in [2.45, 2.75) is 0 Å². The third-order valence-corrected chi connectivity index (χ3v) is 2.01. The van der Waals surface area contributed by atoms with E-state index in [0.717, 1.165) is 0 Å². The summed E-state index contributed by atoms with van der Waals surface area (Å²) >= 11 is 0. The molecule has 0 spiro atoms. The van der Waals surface area contributed by atoms with E-state index in [1.54, 1.807) is 0 Å². The molecule has 0 amide bonds. The quantitative estimate of drug-likeness (QED) is 0.881. The van der Waals surface area contributed by atoms with Gasteiger partial charge in [0.15, 0.2) is 0 Å². The topological polar surface area (TPSA) is 64.2 Å². The van der Waals surface area contributed by atoms with Gasteiger partial charge in [0, 0.05) is 0 Å². The van der Waals surface area contributed by atoms with Crippen molar-refractivity contribution in [3.8, 4) is 17.4 Å². The Bertz CT molecular complexity index is 566. The number of methoxy groups -OCH3 is 1. The lowest BCUT2D eigenvalue weighted by molar-refractivity contribution is 0.362. The zero-order valence-electron chi connectivity index (χ0n) is 8.94. The third-order valence-electron chi connectivity index (χ3n) is 2.01. The highest BCUT2D eigenvalue weighted by Gasteiger charge is 2.11. The number of halogens is 1. The number of rotatable bonds is 3. The Balaban J connectivity index is 2.33. The van der Waals surface area contributed by atoms with Crippen LogP contribution in [-0.2, 0) is 0 Å². The molecule has 0 atom stereocenters. The molecule has 0 fully saturated rings. The van der Waals surface area contributed by atoms with Crippen LogP contribution in [-0.4, -0.2) is 17.1 Å². The molecule has 0 aliphatic heterocycles. The first kappa shape index (κ1) is 11.1. The molecular formula is C11H9FN2O3. The highest BCUT2D eigenvalue weighted by atomic mass is 19.1. The lowest BCUT2D eigenvalue weighted by Gasteiger charge is -2.07. The smallest absolute Gasteiger partial charge is 0.297 e. The molecule has 1 heterocycles. The lowest BCUT2D eigenvalue weighted by atomic mass is 10.3. The minimum atomic E-state index is -0.445. The predicted octanol–water partition coefficient (Wildman–Crippen LogP) is 1.71. The number of benzene rings is 1. The second kappa shape index (κ2) is 4.65. The molecule has 1 N–H and O–H groups in total. The van der Waals surface area contributed by atoms with Crippen molar-refractivity contribution in [3.05, 3.63) is 46.8 Å². The minimum absolute atomic E-state index is 0.0304. The average molecular weight is 236 g/mol. The molecule has 0 bridgehead atoms. The second-order valence-corrected chi connectivity index (χ2v) is 3.13. The van der Waals surface area contributed by atoms with Gasteiger partial charge < -0.3 is 14.5 Å². The molecule has 17 heavy (non-hydrogen) atoms. The first-order chi connectivity index (χ1) is 8.20. The molecular weight excluding hydrogens is 227 g/mol. The van der Waals surface area contributed by atoms with E-state index in [9.17, 15) is 9.18 Å². The molecule has 0 unspecified atom stereocenters. The first-order valence-electron chi connectivity index (χ1n) is 4.76. The molecule has 1 aromatic carbocycles. The molecule has 0 saturated heterocycles. The fraction of sp³-hybridized carbons (Fsp3) is 0.0909. The molecule has 6 heteroatoms. The van der Waals surface area contributed by atoms with Crippen molar-refractivity contribution in [1.82, 2.24) is 9.97 Å². The van der Waals surface area contributed by atoms with Gasteiger partial charge in [0.2, 0.25) is 5.75 Å². The van der Waals surface area contributed by atoms with E-state index in [1.165, 1.54) is 37.7 Å². The van der Waals surface area contributed by atoms with Gasteiger partial charge in [-0.05, 0) is 24.3 Å². The summed E-state index contributed by atoms with van der Waals surface area (Å²) in [6.45, 7) is 0. The Hall–Kier alpha value is -2.37. The van der Waals surface area contributed by atoms with E-state index in [4.69, 9.17) is 9.47 Å². The van der Waals surface area contributed by atoms with Crippen LogP contribution < -0.4 is 15.0 Å². The Labute approximate surface area is 95.8 Å². The summed E-state index contributed by atoms with van der Waals surface area (Å²) in [4.78, 5) is 17.5. The molecule has 2 aromatic rings. The summed E-state index contributed by atoms with van der Waals surface area (Å²) in [5.41, 5.74) is -0.445. The molecule has 0 aliphatic rings. The molecule has 88 valence electrons. The van der Waals surface area contributed by atoms with Crippen LogP contribution >= 0.6 is 0 Å². The van der Waals surface area contributed by atoms with Gasteiger partial charge in [0.1, 0.15) is 11.6 Å². The van der Waals surface area contributed by atoms with Gasteiger partial charge >= 0.3 is 0 Å². The van der Waals surface area contributed by atoms with Gasteiger partial charge in [-0.2, -0.15) is 0 Å². The molecule has 0 saturated carbocycles. The van der Waals surface area contributed by atoms with Gasteiger partial charge in [0.05, 0.1) is 13.4 Å². The molecule has 5 nitrogen and oxygen atoms in total. The highest BCUT2D eigenvalue weighted by Crippen LogP contribution is 2.24. The fourth-order valence-corrected chi connectivity index (χ4v) is 1.24. The number of hydrogen-bond donors (Lipinski definition) is 1. The van der Waals surface area contributed by atoms with Crippen molar-refractivity contribution in [2.75, 3.05) is 7.11 Å². The number of aromatic amines is 1. The first-order valence-corrected chi connectivity index (χ1v) is 4.76. The van der Waals surface area contributed by atoms with Crippen molar-refractivity contribution >= 4 is 0 Å². The Morgan fingerprint density at radius 2 is 2.00 bits per heavy atom. The van der Waals surface area contributed by atoms with Crippen LogP contribution in [0.2, 0.25) is 0 Å². The minimum Gasteiger partial charge on any atom is -0.487 e. The molecule has 0 radical (unpaired) electrons. The average Bonchev–Trinajstić information content (AvgIpc) is 2.32. The third kappa shape index (κ3) is 2.41. The van der Waals surface area contributed by atoms with Gasteiger partial charge in [-0.1, -0.05) is 0 Å². The maximum absolute atomic E-state index is 12.7. The number of nitrogens with zero attached hydrogens (tertiary/aromatic N) is 1. The van der Waals surface area contributed by atoms with E-state index in [-0.39, 0.29) is 17.4 Å². The van der Waals surface area contributed by atoms with Crippen LogP contribution in [0.3, 0.4) is 0 Å². The second-order valence-electron chi connectivity index (χ2n) is 3.13. The number of hydrogen-bond acceptors (Lipinski definition) is 4. The molecule has 0 aliphatic carbocycles. The monoisotopic (exact) mass is 236 g/mol. The Kier molecular flexibility index (Phi) is 3.04. The van der Waals surface area contributed by atoms with Gasteiger partial charge in [-0.25, -0.2) is 9.37 Å². The van der Waals surface area contributed by atoms with E-state index in [2.05, 4.69) is 9.97 Å². The van der Waals surface area contributed by atoms with Gasteiger partial charge in [-0.3, -0.25) is 4.79 Å². The largest absolute Gasteiger partial charge is 0.487 e. The van der Waals surface area contributed by atoms with Crippen molar-refractivity contribution in [1.29, 1.82) is 0 Å². The summed E-state index contributed by atoms with van der Waals surface area (Å²) in [5, 5.41) is 0. The fourth-order valence-electron chi connectivity index (χ4n) is 1.24. The summed E-state index contributed by atoms with van der Waals surface area (Å²) in [6.07, 6.45) is 1.20. The summed E-state index contributed by atoms with van der Waals surface area (Å²) in [5.74, 6) is -0.00864. The van der Waals surface area contributed by atoms with Crippen molar-refractivity contribution in [3.63, 3.8) is 0 Å². The van der Waals surface area contributed by atoms with Gasteiger partial charge in [0.25, 0.3) is 11.4 Å². The zero-order chi connectivity index (χ0) is 12.3. The van der Waals surface area contributed by atoms with E-state index >= 15 is 0 Å². The number of H-pyrrole nitrogens is 1. The maximum Gasteiger partial charge on any atom is 0.297 e. The summed E-state index contributed by atoms with van der Waals surface area (Å²) < 4.78 is 22.9. The molecule has 1 aromatic heterocycles. The maximum atomic E-state index is 12.7. The van der Waals surface area contributed by atoms with Crippen LogP contribution in [0.25, 0.3) is 0 Å². The normalized spacial score (nSPS) is 10.0. The van der Waals surface area contributed by atoms with E-state index in [1.807, 2.05) is 0 Å². The number of nitrogens with one attached hydrogen (secondary N) is 1. The number of ether oxygens (including phenoxy) is 2. The standard InChI is InChI=1S/C11H9FN2O3/c1-16-9-10(15)13-6-14-11(9)17-8-4-2-7(12)3-5-8/h2-6H,1H3,(H,13,14,15). The Morgan fingerprint density at radius 1 is 1.29 bits per heavy atom. The SMILES string of the molecule is COc1c(Oc2ccc(F)cc2)nc[nH]c1=O. The van der Waals surface area contributed by atoms with E-state index < -0.39 is 5.56 Å². The summed E-state index contributed by atoms with van der Waals surface area (Å²) in [7, 11) is 1.34. The predicted molar refractivity (Wildman–Crippen MR) is 57.9 cm³/mol. The van der Waals surface area contributed by atoms with Crippen LogP contribution in [0.5, 0.6) is 17.4 Å². The van der Waals surface area contributed by atoms with Crippen LogP contribution in [0.15, 0.2) is 35.4 Å². The lowest BCUT2D eigenvalue weighted by Crippen LogP contribution is -2.10. The highest BCUT2D eigenvalue weighted by molar-refractivity contribution is 5.35.